The number of fused-ring (bicyclic) bond motifs is 4. The van der Waals surface area contributed by atoms with Crippen molar-refractivity contribution in [1.29, 1.82) is 0 Å². The number of anilines is 1. The van der Waals surface area contributed by atoms with E-state index < -0.39 is 0 Å². The minimum atomic E-state index is 0.756. The van der Waals surface area contributed by atoms with Crippen molar-refractivity contribution in [1.82, 2.24) is 9.97 Å². The zero-order valence-electron chi connectivity index (χ0n) is 13.7. The molecule has 0 aliphatic rings. The minimum absolute atomic E-state index is 0.756. The molecule has 2 N–H and O–H groups in total. The lowest BCUT2D eigenvalue weighted by molar-refractivity contribution is 1.12. The number of aromatic nitrogens is 2. The highest BCUT2D eigenvalue weighted by molar-refractivity contribution is 6.07. The number of hydrogen-bond donors (Lipinski definition) is 2. The summed E-state index contributed by atoms with van der Waals surface area (Å²) in [5, 5.41) is 8.41. The average molecular weight is 323 g/mol. The number of aromatic amines is 1. The van der Waals surface area contributed by atoms with Crippen molar-refractivity contribution in [3.05, 3.63) is 84.6 Å². The molecule has 2 aromatic heterocycles. The fourth-order valence-electron chi connectivity index (χ4n) is 3.39. The number of rotatable bonds is 3. The number of pyridine rings is 1. The van der Waals surface area contributed by atoms with Crippen LogP contribution in [0.2, 0.25) is 0 Å². The lowest BCUT2D eigenvalue weighted by atomic mass is 10.1. The topological polar surface area (TPSA) is 40.7 Å². The molecule has 0 bridgehead atoms. The summed E-state index contributed by atoms with van der Waals surface area (Å²) < 4.78 is 0. The summed E-state index contributed by atoms with van der Waals surface area (Å²) in [6, 6.07) is 25.5. The van der Waals surface area contributed by atoms with Crippen LogP contribution in [-0.2, 0) is 6.54 Å². The van der Waals surface area contributed by atoms with E-state index in [0.717, 1.165) is 23.4 Å². The van der Waals surface area contributed by atoms with Crippen LogP contribution in [-0.4, -0.2) is 9.97 Å². The molecule has 0 aliphatic carbocycles. The number of nitrogens with one attached hydrogen (secondary N) is 2. The van der Waals surface area contributed by atoms with E-state index >= 15 is 0 Å². The van der Waals surface area contributed by atoms with Crippen LogP contribution in [0.25, 0.3) is 32.6 Å². The van der Waals surface area contributed by atoms with Gasteiger partial charge in [0.25, 0.3) is 0 Å². The second-order valence-corrected chi connectivity index (χ2v) is 6.32. The van der Waals surface area contributed by atoms with Gasteiger partial charge < -0.3 is 10.3 Å². The first kappa shape index (κ1) is 14.1. The van der Waals surface area contributed by atoms with Gasteiger partial charge in [-0.15, -0.1) is 0 Å². The SMILES string of the molecule is c1ccc2cc(CNc3cc4c(cn3)[nH]c3ccccc34)ccc2c1. The Balaban J connectivity index is 1.45. The van der Waals surface area contributed by atoms with Gasteiger partial charge in [0.2, 0.25) is 0 Å². The summed E-state index contributed by atoms with van der Waals surface area (Å²) in [7, 11) is 0. The Kier molecular flexibility index (Phi) is 3.17. The first-order valence-corrected chi connectivity index (χ1v) is 8.45. The Labute approximate surface area is 145 Å². The Bertz CT molecular complexity index is 1200. The maximum atomic E-state index is 4.54. The molecule has 0 saturated heterocycles. The molecule has 0 unspecified atom stereocenters. The predicted molar refractivity (Wildman–Crippen MR) is 105 cm³/mol. The quantitative estimate of drug-likeness (QED) is 0.461. The molecule has 25 heavy (non-hydrogen) atoms. The fourth-order valence-corrected chi connectivity index (χ4v) is 3.39. The van der Waals surface area contributed by atoms with E-state index in [1.54, 1.807) is 0 Å². The minimum Gasteiger partial charge on any atom is -0.366 e. The number of benzene rings is 3. The maximum Gasteiger partial charge on any atom is 0.126 e. The average Bonchev–Trinajstić information content (AvgIpc) is 3.04. The zero-order chi connectivity index (χ0) is 16.6. The van der Waals surface area contributed by atoms with E-state index in [1.165, 1.54) is 27.1 Å². The van der Waals surface area contributed by atoms with Gasteiger partial charge >= 0.3 is 0 Å². The number of hydrogen-bond acceptors (Lipinski definition) is 2. The first-order chi connectivity index (χ1) is 12.4. The predicted octanol–water partition coefficient (Wildman–Crippen LogP) is 5.48. The van der Waals surface area contributed by atoms with Crippen LogP contribution in [0.4, 0.5) is 5.82 Å². The first-order valence-electron chi connectivity index (χ1n) is 8.45. The van der Waals surface area contributed by atoms with Crippen molar-refractivity contribution in [3.63, 3.8) is 0 Å². The summed E-state index contributed by atoms with van der Waals surface area (Å²) >= 11 is 0. The fraction of sp³-hybridized carbons (Fsp3) is 0.0455. The van der Waals surface area contributed by atoms with Crippen LogP contribution in [0, 0.1) is 0 Å². The largest absolute Gasteiger partial charge is 0.366 e. The van der Waals surface area contributed by atoms with Crippen LogP contribution >= 0.6 is 0 Å². The summed E-state index contributed by atoms with van der Waals surface area (Å²) in [4.78, 5) is 7.95. The molecule has 3 nitrogen and oxygen atoms in total. The number of para-hydroxylation sites is 1. The Morgan fingerprint density at radius 2 is 1.60 bits per heavy atom. The van der Waals surface area contributed by atoms with Crippen LogP contribution in [0.3, 0.4) is 0 Å². The molecule has 0 aliphatic heterocycles. The second-order valence-electron chi connectivity index (χ2n) is 6.32. The molecule has 0 saturated carbocycles. The van der Waals surface area contributed by atoms with Crippen LogP contribution < -0.4 is 5.32 Å². The van der Waals surface area contributed by atoms with Gasteiger partial charge in [-0.2, -0.15) is 0 Å². The molecule has 0 radical (unpaired) electrons. The third-order valence-electron chi connectivity index (χ3n) is 4.68. The molecule has 0 fully saturated rings. The van der Waals surface area contributed by atoms with Crippen molar-refractivity contribution in [2.24, 2.45) is 0 Å². The standard InChI is InChI=1S/C22H17N3/c1-2-6-17-11-15(9-10-16(17)5-1)13-23-22-12-19-18-7-3-4-8-20(18)25-21(19)14-24-22/h1-12,14,25H,13H2,(H,23,24). The monoisotopic (exact) mass is 323 g/mol. The number of nitrogens with zero attached hydrogens (tertiary/aromatic N) is 1. The van der Waals surface area contributed by atoms with Crippen LogP contribution in [0.1, 0.15) is 5.56 Å². The lowest BCUT2D eigenvalue weighted by Crippen LogP contribution is -2.00. The van der Waals surface area contributed by atoms with Gasteiger partial charge in [-0.25, -0.2) is 4.98 Å². The van der Waals surface area contributed by atoms with Crippen molar-refractivity contribution in [2.75, 3.05) is 5.32 Å². The third-order valence-corrected chi connectivity index (χ3v) is 4.68. The summed E-state index contributed by atoms with van der Waals surface area (Å²) in [6.07, 6.45) is 1.90. The molecule has 120 valence electrons. The summed E-state index contributed by atoms with van der Waals surface area (Å²) in [5.74, 6) is 0.894. The molecular formula is C22H17N3. The van der Waals surface area contributed by atoms with Gasteiger partial charge in [-0.3, -0.25) is 0 Å². The van der Waals surface area contributed by atoms with Gasteiger partial charge in [0.05, 0.1) is 11.7 Å². The number of H-pyrrole nitrogens is 1. The Morgan fingerprint density at radius 1 is 0.760 bits per heavy atom. The molecule has 3 aromatic carbocycles. The van der Waals surface area contributed by atoms with E-state index in [1.807, 2.05) is 12.3 Å². The molecule has 0 spiro atoms. The molecule has 0 amide bonds. The van der Waals surface area contributed by atoms with Gasteiger partial charge in [-0.1, -0.05) is 54.6 Å². The van der Waals surface area contributed by atoms with E-state index in [0.29, 0.717) is 0 Å². The van der Waals surface area contributed by atoms with Gasteiger partial charge in [-0.05, 0) is 34.5 Å². The summed E-state index contributed by atoms with van der Waals surface area (Å²) in [6.45, 7) is 0.756. The van der Waals surface area contributed by atoms with Crippen molar-refractivity contribution in [3.8, 4) is 0 Å². The Hall–Kier alpha value is -3.33. The summed E-state index contributed by atoms with van der Waals surface area (Å²) in [5.41, 5.74) is 3.46. The van der Waals surface area contributed by atoms with Gasteiger partial charge in [0.15, 0.2) is 0 Å². The van der Waals surface area contributed by atoms with Crippen LogP contribution in [0.15, 0.2) is 79.0 Å². The molecular weight excluding hydrogens is 306 g/mol. The molecule has 2 heterocycles. The molecule has 0 atom stereocenters. The smallest absolute Gasteiger partial charge is 0.126 e. The van der Waals surface area contributed by atoms with Gasteiger partial charge in [0, 0.05) is 22.8 Å². The molecule has 3 heteroatoms. The van der Waals surface area contributed by atoms with Gasteiger partial charge in [0.1, 0.15) is 5.82 Å². The van der Waals surface area contributed by atoms with E-state index in [9.17, 15) is 0 Å². The zero-order valence-corrected chi connectivity index (χ0v) is 13.7. The van der Waals surface area contributed by atoms with Crippen molar-refractivity contribution >= 4 is 38.4 Å². The van der Waals surface area contributed by atoms with Crippen molar-refractivity contribution < 1.29 is 0 Å². The van der Waals surface area contributed by atoms with Crippen molar-refractivity contribution in [2.45, 2.75) is 6.54 Å². The van der Waals surface area contributed by atoms with E-state index in [-0.39, 0.29) is 0 Å². The van der Waals surface area contributed by atoms with E-state index in [4.69, 9.17) is 0 Å². The highest BCUT2D eigenvalue weighted by Gasteiger charge is 2.05. The maximum absolute atomic E-state index is 4.54. The second kappa shape index (κ2) is 5.64. The lowest BCUT2D eigenvalue weighted by Gasteiger charge is -2.07. The highest BCUT2D eigenvalue weighted by Crippen LogP contribution is 2.26. The van der Waals surface area contributed by atoms with Crippen LogP contribution in [0.5, 0.6) is 0 Å². The Morgan fingerprint density at radius 3 is 2.56 bits per heavy atom. The normalized spacial score (nSPS) is 11.4. The molecule has 5 rings (SSSR count). The molecule has 5 aromatic rings. The third kappa shape index (κ3) is 2.50. The highest BCUT2D eigenvalue weighted by atomic mass is 15.0. The van der Waals surface area contributed by atoms with E-state index in [2.05, 4.69) is 82.0 Å².